The van der Waals surface area contributed by atoms with Crippen LogP contribution in [0.15, 0.2) is 59.9 Å². The van der Waals surface area contributed by atoms with Crippen LogP contribution in [-0.2, 0) is 0 Å². The number of carbonyl (C=O) groups excluding carboxylic acids is 1. The normalized spacial score (nSPS) is 15.8. The standard InChI is InChI=1S/C25H24FN5O2S/c1-33-18-4-6-21(26)20(10-18)16-11-28-25(29-12-16)31-14-23(34-2)19-5-3-15(9-22(19)31)24(32)30-8-7-17(27)13-30/h3-6,9-12,14,17H,7-8,13,27H2,1-2H3. The van der Waals surface area contributed by atoms with Gasteiger partial charge in [0, 0.05) is 64.7 Å². The molecule has 1 fully saturated rings. The van der Waals surface area contributed by atoms with Gasteiger partial charge in [0.1, 0.15) is 11.6 Å². The minimum absolute atomic E-state index is 0.0287. The highest BCUT2D eigenvalue weighted by Crippen LogP contribution is 2.32. The SMILES string of the molecule is COc1ccc(F)c(-c2cnc(-n3cc(SC)c4ccc(C(=O)N5CCC(N)C5)cc43)nc2)c1. The van der Waals surface area contributed by atoms with Crippen LogP contribution in [0.4, 0.5) is 4.39 Å². The summed E-state index contributed by atoms with van der Waals surface area (Å²) in [5.74, 6) is 0.582. The van der Waals surface area contributed by atoms with Gasteiger partial charge in [0.15, 0.2) is 0 Å². The number of halogens is 1. The summed E-state index contributed by atoms with van der Waals surface area (Å²) in [5, 5.41) is 1.01. The minimum atomic E-state index is -0.377. The van der Waals surface area contributed by atoms with Gasteiger partial charge in [0.25, 0.3) is 5.91 Å². The number of hydrogen-bond donors (Lipinski definition) is 1. The Kier molecular flexibility index (Phi) is 5.97. The summed E-state index contributed by atoms with van der Waals surface area (Å²) in [6.07, 6.45) is 7.95. The van der Waals surface area contributed by atoms with Crippen LogP contribution in [0.5, 0.6) is 5.75 Å². The van der Waals surface area contributed by atoms with Gasteiger partial charge in [-0.1, -0.05) is 6.07 Å². The van der Waals surface area contributed by atoms with Crippen LogP contribution in [0, 0.1) is 5.82 Å². The fourth-order valence-corrected chi connectivity index (χ4v) is 4.85. The van der Waals surface area contributed by atoms with Gasteiger partial charge in [-0.2, -0.15) is 0 Å². The molecule has 3 heterocycles. The number of benzene rings is 2. The number of nitrogens with two attached hydrogens (primary N) is 1. The molecule has 9 heteroatoms. The molecule has 1 unspecified atom stereocenters. The number of aromatic nitrogens is 3. The number of hydrogen-bond acceptors (Lipinski definition) is 6. The van der Waals surface area contributed by atoms with E-state index in [9.17, 15) is 9.18 Å². The van der Waals surface area contributed by atoms with Crippen LogP contribution >= 0.6 is 11.8 Å². The van der Waals surface area contributed by atoms with Crippen molar-refractivity contribution in [1.82, 2.24) is 19.4 Å². The number of rotatable bonds is 5. The molecule has 1 amide bonds. The average Bonchev–Trinajstić information content (AvgIpc) is 3.47. The molecule has 0 aliphatic carbocycles. The number of methoxy groups -OCH3 is 1. The first-order chi connectivity index (χ1) is 16.5. The lowest BCUT2D eigenvalue weighted by Gasteiger charge is -2.16. The maximum Gasteiger partial charge on any atom is 0.253 e. The van der Waals surface area contributed by atoms with Crippen LogP contribution in [0.2, 0.25) is 0 Å². The largest absolute Gasteiger partial charge is 0.497 e. The van der Waals surface area contributed by atoms with Crippen molar-refractivity contribution in [3.05, 3.63) is 66.4 Å². The zero-order valence-corrected chi connectivity index (χ0v) is 19.7. The molecule has 34 heavy (non-hydrogen) atoms. The number of likely N-dealkylation sites (tertiary alicyclic amines) is 1. The van der Waals surface area contributed by atoms with E-state index in [1.807, 2.05) is 35.2 Å². The molecule has 0 saturated carbocycles. The summed E-state index contributed by atoms with van der Waals surface area (Å²) in [6, 6.07) is 10.3. The Morgan fingerprint density at radius 1 is 1.21 bits per heavy atom. The second-order valence-electron chi connectivity index (χ2n) is 8.22. The van der Waals surface area contributed by atoms with E-state index in [1.54, 1.807) is 41.2 Å². The van der Waals surface area contributed by atoms with Gasteiger partial charge in [-0.15, -0.1) is 11.8 Å². The number of fused-ring (bicyclic) bond motifs is 1. The fraction of sp³-hybridized carbons (Fsp3) is 0.240. The first-order valence-electron chi connectivity index (χ1n) is 10.9. The molecule has 0 radical (unpaired) electrons. The van der Waals surface area contributed by atoms with E-state index in [1.165, 1.54) is 13.2 Å². The Bertz CT molecular complexity index is 1370. The van der Waals surface area contributed by atoms with Crippen molar-refractivity contribution in [1.29, 1.82) is 0 Å². The molecule has 2 aromatic heterocycles. The van der Waals surface area contributed by atoms with Crippen molar-refractivity contribution in [2.45, 2.75) is 17.4 Å². The zero-order valence-electron chi connectivity index (χ0n) is 18.9. The highest BCUT2D eigenvalue weighted by molar-refractivity contribution is 7.98. The van der Waals surface area contributed by atoms with Crippen molar-refractivity contribution < 1.29 is 13.9 Å². The molecule has 5 rings (SSSR count). The fourth-order valence-electron chi connectivity index (χ4n) is 4.25. The predicted octanol–water partition coefficient (Wildman–Crippen LogP) is 4.13. The Balaban J connectivity index is 1.53. The molecule has 1 aliphatic rings. The number of nitrogens with zero attached hydrogens (tertiary/aromatic N) is 4. The average molecular weight is 478 g/mol. The van der Waals surface area contributed by atoms with E-state index in [0.29, 0.717) is 41.5 Å². The van der Waals surface area contributed by atoms with Gasteiger partial charge in [-0.05, 0) is 43.0 Å². The Labute approximate surface area is 200 Å². The first kappa shape index (κ1) is 22.4. The molecule has 4 aromatic rings. The van der Waals surface area contributed by atoms with E-state index >= 15 is 0 Å². The second-order valence-corrected chi connectivity index (χ2v) is 9.06. The van der Waals surface area contributed by atoms with Crippen LogP contribution < -0.4 is 10.5 Å². The maximum atomic E-state index is 14.4. The van der Waals surface area contributed by atoms with Gasteiger partial charge < -0.3 is 15.4 Å². The molecule has 0 spiro atoms. The van der Waals surface area contributed by atoms with E-state index < -0.39 is 0 Å². The quantitative estimate of drug-likeness (QED) is 0.435. The summed E-state index contributed by atoms with van der Waals surface area (Å²) in [4.78, 5) is 24.9. The smallest absolute Gasteiger partial charge is 0.253 e. The number of thioether (sulfide) groups is 1. The molecule has 1 aliphatic heterocycles. The van der Waals surface area contributed by atoms with Crippen molar-refractivity contribution in [3.63, 3.8) is 0 Å². The lowest BCUT2D eigenvalue weighted by Crippen LogP contribution is -2.31. The predicted molar refractivity (Wildman–Crippen MR) is 131 cm³/mol. The molecule has 1 atom stereocenters. The molecule has 7 nitrogen and oxygen atoms in total. The zero-order chi connectivity index (χ0) is 23.8. The summed E-state index contributed by atoms with van der Waals surface area (Å²) in [7, 11) is 1.54. The van der Waals surface area contributed by atoms with Crippen molar-refractivity contribution in [3.8, 4) is 22.8 Å². The van der Waals surface area contributed by atoms with Gasteiger partial charge in [-0.3, -0.25) is 9.36 Å². The van der Waals surface area contributed by atoms with Crippen molar-refractivity contribution in [2.75, 3.05) is 26.5 Å². The molecule has 1 saturated heterocycles. The third kappa shape index (κ3) is 4.01. The first-order valence-corrected chi connectivity index (χ1v) is 12.1. The lowest BCUT2D eigenvalue weighted by molar-refractivity contribution is 0.0791. The monoisotopic (exact) mass is 477 g/mol. The van der Waals surface area contributed by atoms with Gasteiger partial charge in [0.2, 0.25) is 5.95 Å². The van der Waals surface area contributed by atoms with Crippen LogP contribution in [0.1, 0.15) is 16.8 Å². The van der Waals surface area contributed by atoms with Crippen LogP contribution in [-0.4, -0.2) is 57.8 Å². The third-order valence-electron chi connectivity index (χ3n) is 6.09. The molecule has 2 N–H and O–H groups in total. The van der Waals surface area contributed by atoms with E-state index in [0.717, 1.165) is 22.2 Å². The van der Waals surface area contributed by atoms with Crippen LogP contribution in [0.3, 0.4) is 0 Å². The summed E-state index contributed by atoms with van der Waals surface area (Å²) in [6.45, 7) is 1.24. The van der Waals surface area contributed by atoms with E-state index in [-0.39, 0.29) is 17.8 Å². The Morgan fingerprint density at radius 3 is 2.68 bits per heavy atom. The van der Waals surface area contributed by atoms with E-state index in [2.05, 4.69) is 9.97 Å². The summed E-state index contributed by atoms with van der Waals surface area (Å²) >= 11 is 1.61. The lowest BCUT2D eigenvalue weighted by atomic mass is 10.1. The topological polar surface area (TPSA) is 86.3 Å². The molecule has 174 valence electrons. The third-order valence-corrected chi connectivity index (χ3v) is 6.85. The van der Waals surface area contributed by atoms with E-state index in [4.69, 9.17) is 10.5 Å². The maximum absolute atomic E-state index is 14.4. The summed E-state index contributed by atoms with van der Waals surface area (Å²) < 4.78 is 21.5. The van der Waals surface area contributed by atoms with Gasteiger partial charge in [0.05, 0.1) is 12.6 Å². The molecule has 0 bridgehead atoms. The summed E-state index contributed by atoms with van der Waals surface area (Å²) in [5.41, 5.74) is 8.33. The molecule has 2 aromatic carbocycles. The highest BCUT2D eigenvalue weighted by atomic mass is 32.2. The number of carbonyl (C=O) groups is 1. The minimum Gasteiger partial charge on any atom is -0.497 e. The van der Waals surface area contributed by atoms with Gasteiger partial charge in [-0.25, -0.2) is 14.4 Å². The molecular weight excluding hydrogens is 453 g/mol. The highest BCUT2D eigenvalue weighted by Gasteiger charge is 2.25. The Hall–Kier alpha value is -3.43. The van der Waals surface area contributed by atoms with Crippen molar-refractivity contribution >= 4 is 28.6 Å². The van der Waals surface area contributed by atoms with Gasteiger partial charge >= 0.3 is 0 Å². The van der Waals surface area contributed by atoms with Crippen LogP contribution in [0.25, 0.3) is 28.0 Å². The Morgan fingerprint density at radius 2 is 2.00 bits per heavy atom. The van der Waals surface area contributed by atoms with Crippen molar-refractivity contribution in [2.24, 2.45) is 5.73 Å². The number of amides is 1. The number of ether oxygens (including phenoxy) is 1. The second kappa shape index (κ2) is 9.08. The molecular formula is C25H24FN5O2S.